The van der Waals surface area contributed by atoms with Gasteiger partial charge in [0.25, 0.3) is 0 Å². The average molecular weight is 271 g/mol. The Balaban J connectivity index is 2.74. The lowest BCUT2D eigenvalue weighted by Gasteiger charge is -2.26. The minimum atomic E-state index is -2.95. The highest BCUT2D eigenvalue weighted by atomic mass is 32.2. The summed E-state index contributed by atoms with van der Waals surface area (Å²) in [5, 5.41) is 0. The van der Waals surface area contributed by atoms with Gasteiger partial charge in [-0.05, 0) is 25.6 Å². The molecule has 0 aliphatic heterocycles. The van der Waals surface area contributed by atoms with Crippen LogP contribution in [0.2, 0.25) is 0 Å². The number of nitrogens with zero attached hydrogens (tertiary/aromatic N) is 2. The van der Waals surface area contributed by atoms with E-state index in [1.807, 2.05) is 31.0 Å². The van der Waals surface area contributed by atoms with Crippen molar-refractivity contribution in [3.05, 3.63) is 29.6 Å². The van der Waals surface area contributed by atoms with E-state index in [1.54, 1.807) is 6.20 Å². The van der Waals surface area contributed by atoms with Crippen LogP contribution >= 0.6 is 0 Å². The van der Waals surface area contributed by atoms with E-state index in [1.165, 1.54) is 6.26 Å². The van der Waals surface area contributed by atoms with Gasteiger partial charge in [0.2, 0.25) is 0 Å². The lowest BCUT2D eigenvalue weighted by atomic mass is 10.1. The standard InChI is InChI=1S/C12H21N3O2S/c1-10-4-5-11(9-14-10)12(8-13)15(2)6-7-18(3,16)17/h4-5,9,12H,6-8,13H2,1-3H3. The van der Waals surface area contributed by atoms with Crippen molar-refractivity contribution in [2.45, 2.75) is 13.0 Å². The molecule has 1 aromatic heterocycles. The number of hydrogen-bond donors (Lipinski definition) is 1. The Labute approximate surface area is 109 Å². The molecule has 1 atom stereocenters. The van der Waals surface area contributed by atoms with Gasteiger partial charge in [-0.2, -0.15) is 0 Å². The second kappa shape index (κ2) is 6.26. The highest BCUT2D eigenvalue weighted by Gasteiger charge is 2.17. The van der Waals surface area contributed by atoms with Crippen LogP contribution < -0.4 is 5.73 Å². The van der Waals surface area contributed by atoms with Crippen LogP contribution in [0.1, 0.15) is 17.3 Å². The molecule has 6 heteroatoms. The lowest BCUT2D eigenvalue weighted by Crippen LogP contribution is -2.34. The first-order valence-corrected chi connectivity index (χ1v) is 7.90. The first kappa shape index (κ1) is 15.1. The minimum absolute atomic E-state index is 0.000139. The minimum Gasteiger partial charge on any atom is -0.329 e. The van der Waals surface area contributed by atoms with Gasteiger partial charge in [0.05, 0.1) is 5.75 Å². The summed E-state index contributed by atoms with van der Waals surface area (Å²) in [7, 11) is -1.07. The van der Waals surface area contributed by atoms with Gasteiger partial charge in [-0.1, -0.05) is 6.07 Å². The summed E-state index contributed by atoms with van der Waals surface area (Å²) < 4.78 is 22.3. The van der Waals surface area contributed by atoms with Crippen LogP contribution in [0.5, 0.6) is 0 Å². The molecule has 0 saturated heterocycles. The maximum Gasteiger partial charge on any atom is 0.148 e. The smallest absolute Gasteiger partial charge is 0.148 e. The maximum atomic E-state index is 11.2. The lowest BCUT2D eigenvalue weighted by molar-refractivity contribution is 0.264. The van der Waals surface area contributed by atoms with Crippen LogP contribution in [0.3, 0.4) is 0 Å². The Morgan fingerprint density at radius 3 is 2.56 bits per heavy atom. The predicted octanol–water partition coefficient (Wildman–Crippen LogP) is 0.366. The Morgan fingerprint density at radius 2 is 2.11 bits per heavy atom. The number of pyridine rings is 1. The molecule has 2 N–H and O–H groups in total. The van der Waals surface area contributed by atoms with Crippen molar-refractivity contribution in [2.24, 2.45) is 5.73 Å². The number of likely N-dealkylation sites (N-methyl/N-ethyl adjacent to an activating group) is 1. The summed E-state index contributed by atoms with van der Waals surface area (Å²) in [5.74, 6) is 0.138. The van der Waals surface area contributed by atoms with Crippen LogP contribution in [0.4, 0.5) is 0 Å². The zero-order chi connectivity index (χ0) is 13.8. The summed E-state index contributed by atoms with van der Waals surface area (Å²) in [6, 6.07) is 3.92. The molecule has 1 unspecified atom stereocenters. The Morgan fingerprint density at radius 1 is 1.44 bits per heavy atom. The van der Waals surface area contributed by atoms with Crippen LogP contribution in [0, 0.1) is 6.92 Å². The van der Waals surface area contributed by atoms with E-state index in [4.69, 9.17) is 5.73 Å². The van der Waals surface area contributed by atoms with Gasteiger partial charge in [0, 0.05) is 37.3 Å². The maximum absolute atomic E-state index is 11.2. The van der Waals surface area contributed by atoms with Gasteiger partial charge in [-0.3, -0.25) is 9.88 Å². The van der Waals surface area contributed by atoms with Crippen molar-refractivity contribution in [1.82, 2.24) is 9.88 Å². The van der Waals surface area contributed by atoms with Gasteiger partial charge >= 0.3 is 0 Å². The van der Waals surface area contributed by atoms with E-state index in [9.17, 15) is 8.42 Å². The van der Waals surface area contributed by atoms with E-state index in [-0.39, 0.29) is 11.8 Å². The van der Waals surface area contributed by atoms with Crippen molar-refractivity contribution in [3.63, 3.8) is 0 Å². The molecule has 0 aliphatic carbocycles. The van der Waals surface area contributed by atoms with Crippen molar-refractivity contribution in [1.29, 1.82) is 0 Å². The van der Waals surface area contributed by atoms with E-state index in [0.717, 1.165) is 11.3 Å². The van der Waals surface area contributed by atoms with Crippen molar-refractivity contribution < 1.29 is 8.42 Å². The second-order valence-corrected chi connectivity index (χ2v) is 6.85. The van der Waals surface area contributed by atoms with Crippen molar-refractivity contribution >= 4 is 9.84 Å². The third kappa shape index (κ3) is 4.72. The van der Waals surface area contributed by atoms with Crippen molar-refractivity contribution in [2.75, 3.05) is 32.1 Å². The van der Waals surface area contributed by atoms with Gasteiger partial charge in [-0.15, -0.1) is 0 Å². The zero-order valence-corrected chi connectivity index (χ0v) is 11.9. The average Bonchev–Trinajstić information content (AvgIpc) is 2.29. The molecule has 18 heavy (non-hydrogen) atoms. The first-order chi connectivity index (χ1) is 8.33. The fourth-order valence-corrected chi connectivity index (χ4v) is 2.33. The van der Waals surface area contributed by atoms with Crippen molar-refractivity contribution in [3.8, 4) is 0 Å². The topological polar surface area (TPSA) is 76.3 Å². The normalized spacial score (nSPS) is 13.8. The largest absolute Gasteiger partial charge is 0.329 e. The number of nitrogens with two attached hydrogens (primary N) is 1. The summed E-state index contributed by atoms with van der Waals surface area (Å²) >= 11 is 0. The highest BCUT2D eigenvalue weighted by Crippen LogP contribution is 2.17. The van der Waals surface area contributed by atoms with E-state index < -0.39 is 9.84 Å². The molecule has 0 spiro atoms. The van der Waals surface area contributed by atoms with Gasteiger partial charge in [-0.25, -0.2) is 8.42 Å². The number of aromatic nitrogens is 1. The molecular weight excluding hydrogens is 250 g/mol. The molecule has 0 radical (unpaired) electrons. The third-order valence-electron chi connectivity index (χ3n) is 2.89. The summed E-state index contributed by atoms with van der Waals surface area (Å²) in [4.78, 5) is 6.19. The van der Waals surface area contributed by atoms with Gasteiger partial charge in [0.1, 0.15) is 9.84 Å². The molecule has 102 valence electrons. The van der Waals surface area contributed by atoms with E-state index in [0.29, 0.717) is 13.1 Å². The number of rotatable bonds is 6. The molecule has 1 aromatic rings. The van der Waals surface area contributed by atoms with E-state index in [2.05, 4.69) is 4.98 Å². The van der Waals surface area contributed by atoms with Gasteiger partial charge < -0.3 is 5.73 Å². The highest BCUT2D eigenvalue weighted by molar-refractivity contribution is 7.90. The van der Waals surface area contributed by atoms with Crippen LogP contribution in [0.15, 0.2) is 18.3 Å². The molecule has 1 rings (SSSR count). The summed E-state index contributed by atoms with van der Waals surface area (Å²) in [6.07, 6.45) is 3.04. The van der Waals surface area contributed by atoms with E-state index >= 15 is 0 Å². The number of aryl methyl sites for hydroxylation is 1. The molecule has 0 aliphatic rings. The molecule has 0 aromatic carbocycles. The quantitative estimate of drug-likeness (QED) is 0.809. The first-order valence-electron chi connectivity index (χ1n) is 5.84. The molecule has 1 heterocycles. The van der Waals surface area contributed by atoms with Gasteiger partial charge in [0.15, 0.2) is 0 Å². The summed E-state index contributed by atoms with van der Waals surface area (Å²) in [6.45, 7) is 2.83. The molecule has 0 fully saturated rings. The fraction of sp³-hybridized carbons (Fsp3) is 0.583. The number of sulfone groups is 1. The Bertz CT molecular complexity index is 471. The molecular formula is C12H21N3O2S. The SMILES string of the molecule is Cc1ccc(C(CN)N(C)CCS(C)(=O)=O)cn1. The van der Waals surface area contributed by atoms with Crippen LogP contribution in [0.25, 0.3) is 0 Å². The monoisotopic (exact) mass is 271 g/mol. The predicted molar refractivity (Wildman–Crippen MR) is 73.1 cm³/mol. The molecule has 0 saturated carbocycles. The fourth-order valence-electron chi connectivity index (χ4n) is 1.71. The Kier molecular flexibility index (Phi) is 5.25. The second-order valence-electron chi connectivity index (χ2n) is 4.59. The molecule has 5 nitrogen and oxygen atoms in total. The summed E-state index contributed by atoms with van der Waals surface area (Å²) in [5.41, 5.74) is 7.73. The van der Waals surface area contributed by atoms with Crippen LogP contribution in [-0.2, 0) is 9.84 Å². The molecule has 0 bridgehead atoms. The van der Waals surface area contributed by atoms with Crippen LogP contribution in [-0.4, -0.2) is 50.4 Å². The third-order valence-corrected chi connectivity index (χ3v) is 3.81. The molecule has 0 amide bonds. The zero-order valence-electron chi connectivity index (χ0n) is 11.1. The number of hydrogen-bond acceptors (Lipinski definition) is 5. The Hall–Kier alpha value is -0.980.